The number of hydrogen-bond acceptors (Lipinski definition) is 6. The van der Waals surface area contributed by atoms with Gasteiger partial charge >= 0.3 is 5.63 Å². The number of benzene rings is 1. The molecule has 0 saturated heterocycles. The lowest BCUT2D eigenvalue weighted by atomic mass is 10.2. The van der Waals surface area contributed by atoms with E-state index in [1.54, 1.807) is 24.3 Å². The van der Waals surface area contributed by atoms with Gasteiger partial charge in [0.15, 0.2) is 0 Å². The van der Waals surface area contributed by atoms with Crippen molar-refractivity contribution in [2.75, 3.05) is 5.32 Å². The first kappa shape index (κ1) is 16.9. The minimum Gasteiger partial charge on any atom is -0.423 e. The van der Waals surface area contributed by atoms with E-state index in [0.717, 1.165) is 6.20 Å². The molecule has 3 rings (SSSR count). The van der Waals surface area contributed by atoms with Gasteiger partial charge in [-0.1, -0.05) is 0 Å². The van der Waals surface area contributed by atoms with Crippen LogP contribution in [0.2, 0.25) is 0 Å². The summed E-state index contributed by atoms with van der Waals surface area (Å²) in [5, 5.41) is 12.2. The Labute approximate surface area is 142 Å². The summed E-state index contributed by atoms with van der Waals surface area (Å²) in [6.07, 6.45) is 2.48. The van der Waals surface area contributed by atoms with Gasteiger partial charge in [-0.15, -0.1) is 0 Å². The third-order valence-electron chi connectivity index (χ3n) is 3.41. The summed E-state index contributed by atoms with van der Waals surface area (Å²) in [5.41, 5.74) is 0.539. The molecule has 130 valence electrons. The molecule has 25 heavy (non-hydrogen) atoms. The molecule has 1 amide bonds. The molecule has 0 saturated carbocycles. The number of hydrogen-bond donors (Lipinski definition) is 2. The lowest BCUT2D eigenvalue weighted by Gasteiger charge is -2.06. The Morgan fingerprint density at radius 1 is 1.28 bits per heavy atom. The van der Waals surface area contributed by atoms with Crippen molar-refractivity contribution >= 4 is 32.6 Å². The van der Waals surface area contributed by atoms with Gasteiger partial charge in [-0.05, 0) is 24.3 Å². The zero-order chi connectivity index (χ0) is 18.0. The van der Waals surface area contributed by atoms with Crippen LogP contribution < -0.4 is 16.1 Å². The lowest BCUT2D eigenvalue weighted by Crippen LogP contribution is -2.15. The highest BCUT2D eigenvalue weighted by Crippen LogP contribution is 2.17. The quantitative estimate of drug-likeness (QED) is 0.640. The fourth-order valence-electron chi connectivity index (χ4n) is 2.20. The fraction of sp³-hybridized carbons (Fsp3) is 0.133. The average molecular weight is 362 g/mol. The molecule has 2 heterocycles. The molecule has 9 nitrogen and oxygen atoms in total. The standard InChI is InChI=1S/C15H14N4O5S/c16-25(22,23)12-8-17-19(9-12)6-5-14(20)18-11-2-3-13-10(7-11)1-4-15(21)24-13/h1-4,7-9H,5-6H2,(H,18,20)(H2,16,22,23). The Balaban J connectivity index is 1.63. The topological polar surface area (TPSA) is 137 Å². The molecule has 0 fully saturated rings. The summed E-state index contributed by atoms with van der Waals surface area (Å²) >= 11 is 0. The number of anilines is 1. The predicted molar refractivity (Wildman–Crippen MR) is 89.3 cm³/mol. The first-order chi connectivity index (χ1) is 11.8. The van der Waals surface area contributed by atoms with Crippen LogP contribution in [0.15, 0.2) is 56.8 Å². The fourth-order valence-corrected chi connectivity index (χ4v) is 2.67. The highest BCUT2D eigenvalue weighted by Gasteiger charge is 2.11. The Hall–Kier alpha value is -2.98. The maximum absolute atomic E-state index is 12.0. The minimum atomic E-state index is -3.81. The maximum Gasteiger partial charge on any atom is 0.336 e. The second-order valence-corrected chi connectivity index (χ2v) is 6.85. The molecule has 10 heteroatoms. The molecule has 0 aliphatic rings. The molecule has 0 aliphatic carbocycles. The van der Waals surface area contributed by atoms with Gasteiger partial charge in [0, 0.05) is 36.3 Å². The molecule has 0 aliphatic heterocycles. The SMILES string of the molecule is NS(=O)(=O)c1cnn(CCC(=O)Nc2ccc3oc(=O)ccc3c2)c1. The molecule has 3 aromatic rings. The van der Waals surface area contributed by atoms with Crippen LogP contribution in [0.3, 0.4) is 0 Å². The van der Waals surface area contributed by atoms with E-state index in [4.69, 9.17) is 9.56 Å². The number of rotatable bonds is 5. The van der Waals surface area contributed by atoms with Crippen LogP contribution in [0.5, 0.6) is 0 Å². The normalized spacial score (nSPS) is 11.6. The van der Waals surface area contributed by atoms with E-state index in [1.807, 2.05) is 0 Å². The van der Waals surface area contributed by atoms with Crippen molar-refractivity contribution in [3.63, 3.8) is 0 Å². The average Bonchev–Trinajstić information content (AvgIpc) is 3.02. The zero-order valence-electron chi connectivity index (χ0n) is 12.9. The van der Waals surface area contributed by atoms with Crippen molar-refractivity contribution in [2.24, 2.45) is 5.14 Å². The molecule has 0 spiro atoms. The van der Waals surface area contributed by atoms with Crippen molar-refractivity contribution in [2.45, 2.75) is 17.9 Å². The minimum absolute atomic E-state index is 0.0909. The second-order valence-electron chi connectivity index (χ2n) is 5.29. The predicted octanol–water partition coefficient (Wildman–Crippen LogP) is 0.666. The summed E-state index contributed by atoms with van der Waals surface area (Å²) in [7, 11) is -3.81. The second kappa shape index (κ2) is 6.49. The molecule has 0 bridgehead atoms. The van der Waals surface area contributed by atoms with Crippen LogP contribution in [0, 0.1) is 0 Å². The van der Waals surface area contributed by atoms with E-state index in [9.17, 15) is 18.0 Å². The summed E-state index contributed by atoms with van der Waals surface area (Å²) in [4.78, 5) is 23.0. The number of amides is 1. The Bertz CT molecular complexity index is 1100. The van der Waals surface area contributed by atoms with Gasteiger partial charge < -0.3 is 9.73 Å². The van der Waals surface area contributed by atoms with Gasteiger partial charge in [0.1, 0.15) is 10.5 Å². The molecule has 1 aromatic carbocycles. The van der Waals surface area contributed by atoms with E-state index < -0.39 is 15.6 Å². The summed E-state index contributed by atoms with van der Waals surface area (Å²) in [6.45, 7) is 0.198. The molecule has 2 aromatic heterocycles. The number of sulfonamides is 1. The van der Waals surface area contributed by atoms with E-state index in [1.165, 1.54) is 16.9 Å². The van der Waals surface area contributed by atoms with Crippen LogP contribution in [0.4, 0.5) is 5.69 Å². The van der Waals surface area contributed by atoms with E-state index in [2.05, 4.69) is 10.4 Å². The number of fused-ring (bicyclic) bond motifs is 1. The molecule has 0 unspecified atom stereocenters. The van der Waals surface area contributed by atoms with Gasteiger partial charge in [0.2, 0.25) is 15.9 Å². The monoisotopic (exact) mass is 362 g/mol. The first-order valence-electron chi connectivity index (χ1n) is 7.20. The number of nitrogens with zero attached hydrogens (tertiary/aromatic N) is 2. The van der Waals surface area contributed by atoms with Gasteiger partial charge in [0.05, 0.1) is 6.20 Å². The first-order valence-corrected chi connectivity index (χ1v) is 8.75. The van der Waals surface area contributed by atoms with Gasteiger partial charge in [-0.2, -0.15) is 5.10 Å². The highest BCUT2D eigenvalue weighted by molar-refractivity contribution is 7.89. The molecular weight excluding hydrogens is 348 g/mol. The summed E-state index contributed by atoms with van der Waals surface area (Å²) in [5.74, 6) is -0.274. The number of nitrogens with one attached hydrogen (secondary N) is 1. The molecule has 3 N–H and O–H groups in total. The smallest absolute Gasteiger partial charge is 0.336 e. The number of primary sulfonamides is 1. The van der Waals surface area contributed by atoms with E-state index in [0.29, 0.717) is 16.7 Å². The number of aryl methyl sites for hydroxylation is 1. The Kier molecular flexibility index (Phi) is 4.38. The largest absolute Gasteiger partial charge is 0.423 e. The van der Waals surface area contributed by atoms with Crippen molar-refractivity contribution in [3.8, 4) is 0 Å². The van der Waals surface area contributed by atoms with Crippen molar-refractivity contribution < 1.29 is 17.6 Å². The Morgan fingerprint density at radius 2 is 2.08 bits per heavy atom. The van der Waals surface area contributed by atoms with Crippen LogP contribution in [0.25, 0.3) is 11.0 Å². The molecule has 0 radical (unpaired) electrons. The zero-order valence-corrected chi connectivity index (χ0v) is 13.7. The lowest BCUT2D eigenvalue weighted by molar-refractivity contribution is -0.116. The van der Waals surface area contributed by atoms with Crippen LogP contribution in [-0.2, 0) is 21.4 Å². The third-order valence-corrected chi connectivity index (χ3v) is 4.28. The van der Waals surface area contributed by atoms with Gasteiger partial charge in [-0.3, -0.25) is 9.48 Å². The van der Waals surface area contributed by atoms with Crippen LogP contribution >= 0.6 is 0 Å². The summed E-state index contributed by atoms with van der Waals surface area (Å²) < 4.78 is 28.7. The van der Waals surface area contributed by atoms with E-state index in [-0.39, 0.29) is 23.8 Å². The van der Waals surface area contributed by atoms with E-state index >= 15 is 0 Å². The maximum atomic E-state index is 12.0. The molecule has 0 atom stereocenters. The van der Waals surface area contributed by atoms with Crippen molar-refractivity contribution in [3.05, 3.63) is 53.1 Å². The van der Waals surface area contributed by atoms with Crippen molar-refractivity contribution in [1.29, 1.82) is 0 Å². The van der Waals surface area contributed by atoms with Gasteiger partial charge in [-0.25, -0.2) is 18.4 Å². The highest BCUT2D eigenvalue weighted by atomic mass is 32.2. The number of carbonyl (C=O) groups is 1. The number of carbonyl (C=O) groups excluding carboxylic acids is 1. The Morgan fingerprint density at radius 3 is 2.80 bits per heavy atom. The van der Waals surface area contributed by atoms with Crippen LogP contribution in [0.1, 0.15) is 6.42 Å². The number of nitrogens with two attached hydrogens (primary N) is 1. The van der Waals surface area contributed by atoms with Gasteiger partial charge in [0.25, 0.3) is 0 Å². The van der Waals surface area contributed by atoms with Crippen molar-refractivity contribution in [1.82, 2.24) is 9.78 Å². The number of aromatic nitrogens is 2. The van der Waals surface area contributed by atoms with Crippen LogP contribution in [-0.4, -0.2) is 24.1 Å². The molecular formula is C15H14N4O5S. The summed E-state index contributed by atoms with van der Waals surface area (Å²) in [6, 6.07) is 7.81. The third kappa shape index (κ3) is 4.11.